The summed E-state index contributed by atoms with van der Waals surface area (Å²) in [6.45, 7) is 0. The predicted molar refractivity (Wildman–Crippen MR) is 81.5 cm³/mol. The average molecular weight is 321 g/mol. The van der Waals surface area contributed by atoms with Crippen LogP contribution in [-0.4, -0.2) is 31.1 Å². The predicted octanol–water partition coefficient (Wildman–Crippen LogP) is 2.78. The lowest BCUT2D eigenvalue weighted by molar-refractivity contribution is 0.0601. The molecular weight excluding hydrogens is 308 g/mol. The van der Waals surface area contributed by atoms with Crippen molar-refractivity contribution in [3.05, 3.63) is 52.8 Å². The van der Waals surface area contributed by atoms with Crippen LogP contribution in [0.2, 0.25) is 5.15 Å². The van der Waals surface area contributed by atoms with Gasteiger partial charge in [0.15, 0.2) is 0 Å². The number of aromatic nitrogens is 1. The smallest absolute Gasteiger partial charge is 0.340 e. The highest BCUT2D eigenvalue weighted by atomic mass is 35.5. The first kappa shape index (κ1) is 15.8. The van der Waals surface area contributed by atoms with Crippen molar-refractivity contribution in [1.29, 1.82) is 0 Å². The van der Waals surface area contributed by atoms with E-state index < -0.39 is 11.9 Å². The fraction of sp³-hybridized carbons (Fsp3) is 0.133. The van der Waals surface area contributed by atoms with Crippen LogP contribution < -0.4 is 10.1 Å². The quantitative estimate of drug-likeness (QED) is 0.692. The first-order valence-electron chi connectivity index (χ1n) is 6.25. The van der Waals surface area contributed by atoms with E-state index in [0.717, 1.165) is 0 Å². The maximum Gasteiger partial charge on any atom is 0.340 e. The van der Waals surface area contributed by atoms with Gasteiger partial charge >= 0.3 is 5.97 Å². The van der Waals surface area contributed by atoms with Gasteiger partial charge in [0.1, 0.15) is 10.9 Å². The van der Waals surface area contributed by atoms with E-state index in [0.29, 0.717) is 5.75 Å². The third-order valence-electron chi connectivity index (χ3n) is 2.89. The van der Waals surface area contributed by atoms with Crippen LogP contribution in [-0.2, 0) is 4.74 Å². The summed E-state index contributed by atoms with van der Waals surface area (Å²) in [5, 5.41) is 2.68. The summed E-state index contributed by atoms with van der Waals surface area (Å²) in [6, 6.07) is 7.88. The SMILES string of the molecule is COC(=O)c1cccc(OC)c1NC(=O)c1cccnc1Cl. The number of halogens is 1. The lowest BCUT2D eigenvalue weighted by Crippen LogP contribution is -2.17. The molecule has 1 amide bonds. The number of amides is 1. The molecule has 0 saturated heterocycles. The number of nitrogens with zero attached hydrogens (tertiary/aromatic N) is 1. The molecule has 0 unspecified atom stereocenters. The van der Waals surface area contributed by atoms with Gasteiger partial charge in [-0.05, 0) is 24.3 Å². The van der Waals surface area contributed by atoms with Gasteiger partial charge in [0.05, 0.1) is 31.0 Å². The van der Waals surface area contributed by atoms with Gasteiger partial charge in [0.25, 0.3) is 5.91 Å². The van der Waals surface area contributed by atoms with Crippen molar-refractivity contribution >= 4 is 29.2 Å². The molecule has 1 aromatic carbocycles. The number of para-hydroxylation sites is 1. The van der Waals surface area contributed by atoms with Gasteiger partial charge < -0.3 is 14.8 Å². The highest BCUT2D eigenvalue weighted by Gasteiger charge is 2.20. The molecule has 2 aromatic rings. The number of esters is 1. The molecule has 7 heteroatoms. The highest BCUT2D eigenvalue weighted by molar-refractivity contribution is 6.33. The van der Waals surface area contributed by atoms with Gasteiger partial charge in [-0.3, -0.25) is 4.79 Å². The first-order chi connectivity index (χ1) is 10.6. The monoisotopic (exact) mass is 320 g/mol. The van der Waals surface area contributed by atoms with Crippen molar-refractivity contribution in [2.75, 3.05) is 19.5 Å². The molecule has 1 heterocycles. The molecule has 0 radical (unpaired) electrons. The minimum atomic E-state index is -0.591. The second-order valence-corrected chi connectivity index (χ2v) is 4.53. The van der Waals surface area contributed by atoms with Crippen LogP contribution in [0.15, 0.2) is 36.5 Å². The van der Waals surface area contributed by atoms with Crippen LogP contribution in [0.25, 0.3) is 0 Å². The van der Waals surface area contributed by atoms with Crippen molar-refractivity contribution in [1.82, 2.24) is 4.98 Å². The molecule has 0 aliphatic heterocycles. The third-order valence-corrected chi connectivity index (χ3v) is 3.19. The summed E-state index contributed by atoms with van der Waals surface area (Å²) in [6.07, 6.45) is 1.47. The number of hydrogen-bond acceptors (Lipinski definition) is 5. The van der Waals surface area contributed by atoms with Gasteiger partial charge in [-0.25, -0.2) is 9.78 Å². The Hall–Kier alpha value is -2.60. The van der Waals surface area contributed by atoms with Gasteiger partial charge in [0.2, 0.25) is 0 Å². The average Bonchev–Trinajstić information content (AvgIpc) is 2.54. The largest absolute Gasteiger partial charge is 0.495 e. The van der Waals surface area contributed by atoms with Gasteiger partial charge in [0, 0.05) is 6.20 Å². The number of anilines is 1. The van der Waals surface area contributed by atoms with Crippen LogP contribution in [0, 0.1) is 0 Å². The number of ether oxygens (including phenoxy) is 2. The van der Waals surface area contributed by atoms with E-state index in [1.54, 1.807) is 18.2 Å². The molecule has 6 nitrogen and oxygen atoms in total. The Kier molecular flexibility index (Phi) is 4.95. The highest BCUT2D eigenvalue weighted by Crippen LogP contribution is 2.29. The normalized spacial score (nSPS) is 9.95. The lowest BCUT2D eigenvalue weighted by atomic mass is 10.1. The Labute approximate surface area is 132 Å². The molecular formula is C15H13ClN2O4. The first-order valence-corrected chi connectivity index (χ1v) is 6.63. The Morgan fingerprint density at radius 2 is 1.86 bits per heavy atom. The molecule has 114 valence electrons. The topological polar surface area (TPSA) is 77.5 Å². The molecule has 0 saturated carbocycles. The fourth-order valence-corrected chi connectivity index (χ4v) is 2.05. The number of carbonyl (C=O) groups is 2. The van der Waals surface area contributed by atoms with Gasteiger partial charge in [-0.2, -0.15) is 0 Å². The molecule has 0 spiro atoms. The molecule has 2 rings (SSSR count). The molecule has 0 aliphatic carbocycles. The van der Waals surface area contributed by atoms with E-state index in [2.05, 4.69) is 10.3 Å². The van der Waals surface area contributed by atoms with E-state index in [1.807, 2.05) is 0 Å². The lowest BCUT2D eigenvalue weighted by Gasteiger charge is -2.14. The van der Waals surface area contributed by atoms with Crippen molar-refractivity contribution in [2.24, 2.45) is 0 Å². The van der Waals surface area contributed by atoms with Gasteiger partial charge in [-0.15, -0.1) is 0 Å². The second-order valence-electron chi connectivity index (χ2n) is 4.17. The van der Waals surface area contributed by atoms with Crippen LogP contribution in [0.5, 0.6) is 5.75 Å². The summed E-state index contributed by atoms with van der Waals surface area (Å²) >= 11 is 5.89. The standard InChI is InChI=1S/C15H13ClN2O4/c1-21-11-7-3-5-9(15(20)22-2)12(11)18-14(19)10-6-4-8-17-13(10)16/h3-8H,1-2H3,(H,18,19). The number of nitrogens with one attached hydrogen (secondary N) is 1. The van der Waals surface area contributed by atoms with E-state index in [4.69, 9.17) is 21.1 Å². The number of carbonyl (C=O) groups excluding carboxylic acids is 2. The van der Waals surface area contributed by atoms with Crippen molar-refractivity contribution < 1.29 is 19.1 Å². The van der Waals surface area contributed by atoms with Crippen molar-refractivity contribution in [3.8, 4) is 5.75 Å². The summed E-state index contributed by atoms with van der Waals surface area (Å²) in [5.74, 6) is -0.768. The summed E-state index contributed by atoms with van der Waals surface area (Å²) in [4.78, 5) is 28.0. The van der Waals surface area contributed by atoms with Crippen LogP contribution in [0.4, 0.5) is 5.69 Å². The van der Waals surface area contributed by atoms with Crippen LogP contribution in [0.1, 0.15) is 20.7 Å². The molecule has 0 bridgehead atoms. The summed E-state index contributed by atoms with van der Waals surface area (Å²) in [7, 11) is 2.69. The Morgan fingerprint density at radius 1 is 1.14 bits per heavy atom. The van der Waals surface area contributed by atoms with E-state index in [9.17, 15) is 9.59 Å². The minimum absolute atomic E-state index is 0.0644. The number of pyridine rings is 1. The maximum atomic E-state index is 12.3. The third kappa shape index (κ3) is 3.17. The number of rotatable bonds is 4. The zero-order valence-electron chi connectivity index (χ0n) is 11.9. The van der Waals surface area contributed by atoms with Crippen molar-refractivity contribution in [2.45, 2.75) is 0 Å². The number of hydrogen-bond donors (Lipinski definition) is 1. The Balaban J connectivity index is 2.42. The minimum Gasteiger partial charge on any atom is -0.495 e. The molecule has 1 aromatic heterocycles. The molecule has 1 N–H and O–H groups in total. The van der Waals surface area contributed by atoms with E-state index in [-0.39, 0.29) is 22.0 Å². The van der Waals surface area contributed by atoms with Gasteiger partial charge in [-0.1, -0.05) is 17.7 Å². The number of benzene rings is 1. The zero-order chi connectivity index (χ0) is 16.1. The molecule has 0 aliphatic rings. The molecule has 0 atom stereocenters. The summed E-state index contributed by atoms with van der Waals surface area (Å²) < 4.78 is 9.88. The fourth-order valence-electron chi connectivity index (χ4n) is 1.85. The Bertz CT molecular complexity index is 718. The maximum absolute atomic E-state index is 12.3. The van der Waals surface area contributed by atoms with Crippen LogP contribution in [0.3, 0.4) is 0 Å². The zero-order valence-corrected chi connectivity index (χ0v) is 12.7. The Morgan fingerprint density at radius 3 is 2.50 bits per heavy atom. The molecule has 0 fully saturated rings. The number of methoxy groups -OCH3 is 2. The summed E-state index contributed by atoms with van der Waals surface area (Å²) in [5.41, 5.74) is 0.572. The van der Waals surface area contributed by atoms with Crippen LogP contribution >= 0.6 is 11.6 Å². The van der Waals surface area contributed by atoms with E-state index in [1.165, 1.54) is 32.5 Å². The van der Waals surface area contributed by atoms with Crippen molar-refractivity contribution in [3.63, 3.8) is 0 Å². The van der Waals surface area contributed by atoms with E-state index >= 15 is 0 Å². The molecule has 22 heavy (non-hydrogen) atoms. The second kappa shape index (κ2) is 6.91.